The van der Waals surface area contributed by atoms with E-state index in [1.54, 1.807) is 11.8 Å². The van der Waals surface area contributed by atoms with Crippen LogP contribution in [0, 0.1) is 5.92 Å². The van der Waals surface area contributed by atoms with E-state index in [1.807, 2.05) is 12.1 Å². The van der Waals surface area contributed by atoms with Gasteiger partial charge in [-0.25, -0.2) is 0 Å². The van der Waals surface area contributed by atoms with Crippen molar-refractivity contribution in [2.45, 2.75) is 25.7 Å². The summed E-state index contributed by atoms with van der Waals surface area (Å²) < 4.78 is 0. The van der Waals surface area contributed by atoms with Gasteiger partial charge in [-0.1, -0.05) is 18.2 Å². The first kappa shape index (κ1) is 21.4. The highest BCUT2D eigenvalue weighted by Gasteiger charge is 2.18. The molecule has 0 amide bonds. The molecule has 0 bridgehead atoms. The van der Waals surface area contributed by atoms with Gasteiger partial charge in [-0.15, -0.1) is 0 Å². The number of aliphatic imine (C=N–C) groups is 1. The van der Waals surface area contributed by atoms with Gasteiger partial charge in [0, 0.05) is 56.5 Å². The zero-order valence-electron chi connectivity index (χ0n) is 16.3. The van der Waals surface area contributed by atoms with Crippen LogP contribution in [0.1, 0.15) is 25.7 Å². The lowest BCUT2D eigenvalue weighted by atomic mass is 9.87. The second-order valence-corrected chi connectivity index (χ2v) is 8.87. The maximum atomic E-state index is 8.96. The number of nitrogens with two attached hydrogens (primary N) is 1. The molecule has 0 spiro atoms. The van der Waals surface area contributed by atoms with E-state index in [0.29, 0.717) is 10.3 Å². The molecule has 1 aromatic rings. The fraction of sp³-hybridized carbons (Fsp3) is 0.600. The van der Waals surface area contributed by atoms with Crippen molar-refractivity contribution >= 4 is 45.6 Å². The highest BCUT2D eigenvalue weighted by molar-refractivity contribution is 8.13. The first-order valence-corrected chi connectivity index (χ1v) is 11.5. The molecule has 2 fully saturated rings. The van der Waals surface area contributed by atoms with Crippen molar-refractivity contribution in [2.75, 3.05) is 55.3 Å². The molecule has 28 heavy (non-hydrogen) atoms. The molecule has 1 aliphatic carbocycles. The number of aliphatic hydroxyl groups is 1. The number of anilines is 2. The van der Waals surface area contributed by atoms with E-state index in [-0.39, 0.29) is 6.61 Å². The van der Waals surface area contributed by atoms with Crippen molar-refractivity contribution in [3.8, 4) is 0 Å². The molecule has 0 atom stereocenters. The number of nitrogens with zero attached hydrogens (tertiary/aromatic N) is 3. The van der Waals surface area contributed by atoms with Gasteiger partial charge in [0.15, 0.2) is 10.3 Å². The number of benzene rings is 1. The van der Waals surface area contributed by atoms with Gasteiger partial charge in [-0.2, -0.15) is 4.99 Å². The van der Waals surface area contributed by atoms with Gasteiger partial charge in [0.1, 0.15) is 0 Å². The van der Waals surface area contributed by atoms with Gasteiger partial charge < -0.3 is 21.1 Å². The van der Waals surface area contributed by atoms with E-state index < -0.39 is 0 Å². The third kappa shape index (κ3) is 6.62. The SMILES string of the molecule is N/C(=N\C(=S)Nc1ccc(N2CCN(CCCO)CC2)cc1)SCC1CCC1. The monoisotopic (exact) mass is 421 g/mol. The van der Waals surface area contributed by atoms with Crippen molar-refractivity contribution in [3.05, 3.63) is 24.3 Å². The van der Waals surface area contributed by atoms with Crippen molar-refractivity contribution in [3.63, 3.8) is 0 Å². The largest absolute Gasteiger partial charge is 0.396 e. The van der Waals surface area contributed by atoms with E-state index in [1.165, 1.54) is 24.9 Å². The molecule has 6 nitrogen and oxygen atoms in total. The second-order valence-electron chi connectivity index (χ2n) is 7.44. The standard InChI is InChI=1S/C20H31N5OS2/c21-19(28-15-16-3-1-4-16)23-20(27)22-17-5-7-18(8-6-17)25-12-10-24(11-13-25)9-2-14-26/h5-8,16,26H,1-4,9-15H2,(H3,21,22,23,27). The molecule has 0 unspecified atom stereocenters. The van der Waals surface area contributed by atoms with Crippen molar-refractivity contribution < 1.29 is 5.11 Å². The van der Waals surface area contributed by atoms with Crippen LogP contribution in [0.5, 0.6) is 0 Å². The quantitative estimate of drug-likeness (QED) is 0.355. The van der Waals surface area contributed by atoms with Crippen LogP contribution in [-0.4, -0.2) is 65.4 Å². The zero-order chi connectivity index (χ0) is 19.8. The maximum Gasteiger partial charge on any atom is 0.199 e. The molecular formula is C20H31N5OS2. The average Bonchev–Trinajstić information content (AvgIpc) is 2.66. The zero-order valence-corrected chi connectivity index (χ0v) is 18.0. The van der Waals surface area contributed by atoms with Gasteiger partial charge in [0.2, 0.25) is 0 Å². The second kappa shape index (κ2) is 11.0. The maximum absolute atomic E-state index is 8.96. The number of nitrogens with one attached hydrogen (secondary N) is 1. The van der Waals surface area contributed by atoms with Crippen LogP contribution < -0.4 is 16.0 Å². The molecule has 1 saturated heterocycles. The molecule has 1 saturated carbocycles. The van der Waals surface area contributed by atoms with Gasteiger partial charge >= 0.3 is 0 Å². The first-order valence-electron chi connectivity index (χ1n) is 10.1. The Bertz CT molecular complexity index is 655. The molecule has 3 rings (SSSR count). The number of rotatable bonds is 7. The fourth-order valence-electron chi connectivity index (χ4n) is 3.43. The number of hydrogen-bond donors (Lipinski definition) is 3. The number of hydrogen-bond acceptors (Lipinski definition) is 5. The number of aliphatic hydroxyl groups excluding tert-OH is 1. The predicted molar refractivity (Wildman–Crippen MR) is 124 cm³/mol. The minimum absolute atomic E-state index is 0.269. The van der Waals surface area contributed by atoms with Crippen molar-refractivity contribution in [2.24, 2.45) is 16.6 Å². The minimum Gasteiger partial charge on any atom is -0.396 e. The number of thioether (sulfide) groups is 1. The molecule has 0 aromatic heterocycles. The van der Waals surface area contributed by atoms with Crippen LogP contribution in [0.15, 0.2) is 29.3 Å². The number of amidine groups is 1. The summed E-state index contributed by atoms with van der Waals surface area (Å²) >= 11 is 6.92. The van der Waals surface area contributed by atoms with Crippen molar-refractivity contribution in [1.29, 1.82) is 0 Å². The smallest absolute Gasteiger partial charge is 0.199 e. The van der Waals surface area contributed by atoms with E-state index in [9.17, 15) is 0 Å². The van der Waals surface area contributed by atoms with E-state index >= 15 is 0 Å². The summed E-state index contributed by atoms with van der Waals surface area (Å²) in [5, 5.41) is 13.1. The summed E-state index contributed by atoms with van der Waals surface area (Å²) in [4.78, 5) is 9.09. The molecular weight excluding hydrogens is 390 g/mol. The minimum atomic E-state index is 0.269. The highest BCUT2D eigenvalue weighted by Crippen LogP contribution is 2.29. The lowest BCUT2D eigenvalue weighted by Gasteiger charge is -2.36. The van der Waals surface area contributed by atoms with Crippen LogP contribution in [-0.2, 0) is 0 Å². The van der Waals surface area contributed by atoms with E-state index in [2.05, 4.69) is 32.2 Å². The predicted octanol–water partition coefficient (Wildman–Crippen LogP) is 2.74. The van der Waals surface area contributed by atoms with Crippen LogP contribution in [0.3, 0.4) is 0 Å². The number of piperazine rings is 1. The average molecular weight is 422 g/mol. The Kier molecular flexibility index (Phi) is 8.39. The van der Waals surface area contributed by atoms with Gasteiger partial charge in [-0.05, 0) is 61.7 Å². The Morgan fingerprint density at radius 2 is 1.93 bits per heavy atom. The third-order valence-corrected chi connectivity index (χ3v) is 6.61. The lowest BCUT2D eigenvalue weighted by molar-refractivity contribution is 0.216. The summed E-state index contributed by atoms with van der Waals surface area (Å²) in [7, 11) is 0. The van der Waals surface area contributed by atoms with Gasteiger partial charge in [-0.3, -0.25) is 4.90 Å². The Morgan fingerprint density at radius 3 is 2.54 bits per heavy atom. The summed E-state index contributed by atoms with van der Waals surface area (Å²) in [5.41, 5.74) is 8.13. The van der Waals surface area contributed by atoms with Crippen LogP contribution >= 0.6 is 24.0 Å². The summed E-state index contributed by atoms with van der Waals surface area (Å²) in [5.74, 6) is 1.84. The van der Waals surface area contributed by atoms with E-state index in [0.717, 1.165) is 56.5 Å². The molecule has 2 aliphatic rings. The van der Waals surface area contributed by atoms with Crippen molar-refractivity contribution in [1.82, 2.24) is 4.90 Å². The van der Waals surface area contributed by atoms with E-state index in [4.69, 9.17) is 23.1 Å². The molecule has 1 aromatic carbocycles. The first-order chi connectivity index (χ1) is 13.6. The van der Waals surface area contributed by atoms with Crippen LogP contribution in [0.2, 0.25) is 0 Å². The molecule has 154 valence electrons. The Balaban J connectivity index is 1.43. The fourth-order valence-corrected chi connectivity index (χ4v) is 4.60. The number of thiocarbonyl (C=S) groups is 1. The molecule has 1 aliphatic heterocycles. The molecule has 0 radical (unpaired) electrons. The van der Waals surface area contributed by atoms with Crippen LogP contribution in [0.25, 0.3) is 0 Å². The Morgan fingerprint density at radius 1 is 1.21 bits per heavy atom. The Labute approximate surface area is 177 Å². The van der Waals surface area contributed by atoms with Gasteiger partial charge in [0.25, 0.3) is 0 Å². The molecule has 8 heteroatoms. The third-order valence-electron chi connectivity index (χ3n) is 5.39. The summed E-state index contributed by atoms with van der Waals surface area (Å²) in [6, 6.07) is 8.31. The van der Waals surface area contributed by atoms with Crippen LogP contribution in [0.4, 0.5) is 11.4 Å². The molecule has 1 heterocycles. The molecule has 4 N–H and O–H groups in total. The summed E-state index contributed by atoms with van der Waals surface area (Å²) in [6.07, 6.45) is 4.82. The topological polar surface area (TPSA) is 77.1 Å². The van der Waals surface area contributed by atoms with Gasteiger partial charge in [0.05, 0.1) is 0 Å². The normalized spacial score (nSPS) is 18.8. The highest BCUT2D eigenvalue weighted by atomic mass is 32.2. The lowest BCUT2D eigenvalue weighted by Crippen LogP contribution is -2.46. The Hall–Kier alpha value is -1.35. The summed E-state index contributed by atoms with van der Waals surface area (Å²) in [6.45, 7) is 5.34.